The molecule has 0 N–H and O–H groups in total. The van der Waals surface area contributed by atoms with Crippen LogP contribution in [0.4, 0.5) is 0 Å². The van der Waals surface area contributed by atoms with E-state index in [9.17, 15) is 4.79 Å². The van der Waals surface area contributed by atoms with E-state index >= 15 is 0 Å². The van der Waals surface area contributed by atoms with Gasteiger partial charge in [-0.2, -0.15) is 0 Å². The molecule has 106 valence electrons. The van der Waals surface area contributed by atoms with Crippen LogP contribution in [0.15, 0.2) is 53.6 Å². The first-order valence-electron chi connectivity index (χ1n) is 6.72. The lowest BCUT2D eigenvalue weighted by molar-refractivity contribution is 0.100. The fraction of sp³-hybridized carbons (Fsp3) is 0.235. The Kier molecular flexibility index (Phi) is 4.10. The lowest BCUT2D eigenvalue weighted by atomic mass is 9.86. The molecule has 0 unspecified atom stereocenters. The van der Waals surface area contributed by atoms with Gasteiger partial charge in [0.25, 0.3) is 0 Å². The number of carbonyl (C=O) groups excluding carboxylic acids is 1. The number of nitrogens with zero attached hydrogens (tertiary/aromatic N) is 3. The van der Waals surface area contributed by atoms with Crippen LogP contribution in [-0.4, -0.2) is 5.91 Å². The Morgan fingerprint density at radius 1 is 1.05 bits per heavy atom. The molecule has 2 rings (SSSR count). The molecule has 0 aromatic heterocycles. The summed E-state index contributed by atoms with van der Waals surface area (Å²) in [6.45, 7) is 6.50. The Bertz CT molecular complexity index is 706. The molecular formula is C17H17N3O. The third kappa shape index (κ3) is 3.50. The van der Waals surface area contributed by atoms with Crippen LogP contribution < -0.4 is 0 Å². The quantitative estimate of drug-likeness (QED) is 0.428. The predicted octanol–water partition coefficient (Wildman–Crippen LogP) is 5.10. The fourth-order valence-electron chi connectivity index (χ4n) is 2.09. The third-order valence-corrected chi connectivity index (χ3v) is 3.33. The second kappa shape index (κ2) is 5.81. The van der Waals surface area contributed by atoms with E-state index in [2.05, 4.69) is 42.9 Å². The zero-order valence-electron chi connectivity index (χ0n) is 12.4. The van der Waals surface area contributed by atoms with Crippen molar-refractivity contribution in [2.45, 2.75) is 26.2 Å². The van der Waals surface area contributed by atoms with Gasteiger partial charge in [-0.05, 0) is 38.8 Å². The second-order valence-electron chi connectivity index (χ2n) is 5.90. The third-order valence-electron chi connectivity index (χ3n) is 3.33. The van der Waals surface area contributed by atoms with Crippen molar-refractivity contribution in [3.05, 3.63) is 70.1 Å². The molecule has 0 atom stereocenters. The molecule has 0 aliphatic carbocycles. The van der Waals surface area contributed by atoms with Gasteiger partial charge in [-0.15, -0.1) is 0 Å². The first kappa shape index (κ1) is 14.8. The van der Waals surface area contributed by atoms with Crippen molar-refractivity contribution in [3.8, 4) is 11.1 Å². The molecule has 21 heavy (non-hydrogen) atoms. The zero-order valence-corrected chi connectivity index (χ0v) is 12.4. The van der Waals surface area contributed by atoms with Gasteiger partial charge in [0.2, 0.25) is 5.91 Å². The van der Waals surface area contributed by atoms with Crippen LogP contribution in [0.1, 0.15) is 36.7 Å². The molecule has 1 amide bonds. The molecule has 2 aromatic rings. The first-order valence-corrected chi connectivity index (χ1v) is 6.72. The van der Waals surface area contributed by atoms with E-state index in [1.807, 2.05) is 18.2 Å². The van der Waals surface area contributed by atoms with E-state index in [4.69, 9.17) is 5.53 Å². The van der Waals surface area contributed by atoms with Crippen molar-refractivity contribution in [1.82, 2.24) is 0 Å². The minimum Gasteiger partial charge on any atom is -0.287 e. The van der Waals surface area contributed by atoms with Crippen molar-refractivity contribution in [2.24, 2.45) is 5.11 Å². The molecule has 0 aliphatic heterocycles. The summed E-state index contributed by atoms with van der Waals surface area (Å²) in [6.07, 6.45) is 0. The van der Waals surface area contributed by atoms with Crippen molar-refractivity contribution in [1.29, 1.82) is 0 Å². The summed E-state index contributed by atoms with van der Waals surface area (Å²) in [5.74, 6) is -0.564. The summed E-state index contributed by atoms with van der Waals surface area (Å²) >= 11 is 0. The molecule has 0 heterocycles. The van der Waals surface area contributed by atoms with Crippen LogP contribution in [0.25, 0.3) is 21.6 Å². The Morgan fingerprint density at radius 2 is 1.71 bits per heavy atom. The topological polar surface area (TPSA) is 65.8 Å². The first-order chi connectivity index (χ1) is 9.91. The van der Waals surface area contributed by atoms with Gasteiger partial charge in [0, 0.05) is 10.5 Å². The van der Waals surface area contributed by atoms with E-state index in [-0.39, 0.29) is 5.41 Å². The fourth-order valence-corrected chi connectivity index (χ4v) is 2.09. The minimum absolute atomic E-state index is 0.109. The molecule has 4 heteroatoms. The summed E-state index contributed by atoms with van der Waals surface area (Å²) in [7, 11) is 0. The summed E-state index contributed by atoms with van der Waals surface area (Å²) < 4.78 is 0. The molecule has 0 saturated carbocycles. The smallest absolute Gasteiger partial charge is 0.249 e. The van der Waals surface area contributed by atoms with Crippen molar-refractivity contribution in [2.75, 3.05) is 0 Å². The minimum atomic E-state index is -0.564. The average Bonchev–Trinajstić information content (AvgIpc) is 2.47. The Morgan fingerprint density at radius 3 is 2.29 bits per heavy atom. The average molecular weight is 279 g/mol. The van der Waals surface area contributed by atoms with E-state index in [1.165, 1.54) is 5.56 Å². The number of hydrogen-bond acceptors (Lipinski definition) is 1. The largest absolute Gasteiger partial charge is 0.287 e. The maximum atomic E-state index is 11.6. The van der Waals surface area contributed by atoms with Crippen LogP contribution in [0, 0.1) is 0 Å². The van der Waals surface area contributed by atoms with Crippen molar-refractivity contribution < 1.29 is 4.79 Å². The molecule has 0 saturated heterocycles. The van der Waals surface area contributed by atoms with Gasteiger partial charge in [-0.1, -0.05) is 63.2 Å². The van der Waals surface area contributed by atoms with Gasteiger partial charge in [0.1, 0.15) is 0 Å². The Hall–Kier alpha value is -2.58. The lowest BCUT2D eigenvalue weighted by Gasteiger charge is -2.19. The highest BCUT2D eigenvalue weighted by molar-refractivity contribution is 5.96. The molecule has 0 bridgehead atoms. The second-order valence-corrected chi connectivity index (χ2v) is 5.90. The lowest BCUT2D eigenvalue weighted by Crippen LogP contribution is -2.10. The van der Waals surface area contributed by atoms with Gasteiger partial charge < -0.3 is 0 Å². The number of rotatable bonds is 2. The van der Waals surface area contributed by atoms with E-state index in [1.54, 1.807) is 18.2 Å². The zero-order chi connectivity index (χ0) is 15.5. The van der Waals surface area contributed by atoms with Gasteiger partial charge in [-0.25, -0.2) is 0 Å². The van der Waals surface area contributed by atoms with Crippen LogP contribution in [0.2, 0.25) is 0 Å². The van der Waals surface area contributed by atoms with Crippen LogP contribution in [-0.2, 0) is 5.41 Å². The highest BCUT2D eigenvalue weighted by atomic mass is 16.1. The number of azide groups is 1. The van der Waals surface area contributed by atoms with E-state index in [0.717, 1.165) is 11.1 Å². The SMILES string of the molecule is CC(C)(C)c1ccc(-c2cccc(C(=O)N=[N+]=[N-])c2)cc1. The highest BCUT2D eigenvalue weighted by Crippen LogP contribution is 2.26. The summed E-state index contributed by atoms with van der Waals surface area (Å²) in [5.41, 5.74) is 12.0. The number of amides is 1. The van der Waals surface area contributed by atoms with Gasteiger partial charge in [-0.3, -0.25) is 4.79 Å². The van der Waals surface area contributed by atoms with Crippen LogP contribution >= 0.6 is 0 Å². The molecule has 0 radical (unpaired) electrons. The maximum absolute atomic E-state index is 11.6. The Labute approximate surface area is 124 Å². The Balaban J connectivity index is 2.36. The van der Waals surface area contributed by atoms with Gasteiger partial charge in [0.15, 0.2) is 0 Å². The van der Waals surface area contributed by atoms with Crippen LogP contribution in [0.5, 0.6) is 0 Å². The van der Waals surface area contributed by atoms with E-state index < -0.39 is 5.91 Å². The molecule has 0 aliphatic rings. The van der Waals surface area contributed by atoms with Crippen molar-refractivity contribution >= 4 is 5.91 Å². The van der Waals surface area contributed by atoms with E-state index in [0.29, 0.717) is 5.56 Å². The maximum Gasteiger partial charge on any atom is 0.249 e. The number of benzene rings is 2. The molecule has 0 spiro atoms. The highest BCUT2D eigenvalue weighted by Gasteiger charge is 2.13. The summed E-state index contributed by atoms with van der Waals surface area (Å²) in [5, 5.41) is 3.12. The summed E-state index contributed by atoms with van der Waals surface area (Å²) in [4.78, 5) is 14.1. The molecule has 4 nitrogen and oxygen atoms in total. The number of carbonyl (C=O) groups is 1. The molecule has 2 aromatic carbocycles. The molecular weight excluding hydrogens is 262 g/mol. The normalized spacial score (nSPS) is 10.8. The van der Waals surface area contributed by atoms with Crippen LogP contribution in [0.3, 0.4) is 0 Å². The van der Waals surface area contributed by atoms with Crippen molar-refractivity contribution in [3.63, 3.8) is 0 Å². The summed E-state index contributed by atoms with van der Waals surface area (Å²) in [6, 6.07) is 15.4. The van der Waals surface area contributed by atoms with Gasteiger partial charge >= 0.3 is 0 Å². The van der Waals surface area contributed by atoms with Gasteiger partial charge in [0.05, 0.1) is 0 Å². The monoisotopic (exact) mass is 279 g/mol. The predicted molar refractivity (Wildman–Crippen MR) is 84.1 cm³/mol. The standard InChI is InChI=1S/C17H17N3O/c1-17(2,3)15-9-7-12(8-10-15)13-5-4-6-14(11-13)16(21)19-20-18/h4-11H,1-3H3. The number of hydrogen-bond donors (Lipinski definition) is 0. The molecule has 0 fully saturated rings.